The molecule has 0 aliphatic carbocycles. The van der Waals surface area contributed by atoms with E-state index in [1.165, 1.54) is 0 Å². The molecule has 0 radical (unpaired) electrons. The molecule has 0 bridgehead atoms. The second kappa shape index (κ2) is 4.66. The number of hydrogen-bond donors (Lipinski definition) is 0. The van der Waals surface area contributed by atoms with Crippen LogP contribution in [0.4, 0.5) is 0 Å². The van der Waals surface area contributed by atoms with Crippen molar-refractivity contribution >= 4 is 0 Å². The Bertz CT molecular complexity index is 466. The van der Waals surface area contributed by atoms with Crippen LogP contribution in [0.25, 0.3) is 11.1 Å². The summed E-state index contributed by atoms with van der Waals surface area (Å²) in [5, 5.41) is 0. The highest BCUT2D eigenvalue weighted by molar-refractivity contribution is 5.68. The summed E-state index contributed by atoms with van der Waals surface area (Å²) in [4.78, 5) is 4.16. The first-order chi connectivity index (χ1) is 7.85. The van der Waals surface area contributed by atoms with Gasteiger partial charge in [0, 0.05) is 11.8 Å². The summed E-state index contributed by atoms with van der Waals surface area (Å²) in [5.74, 6) is 1.47. The highest BCUT2D eigenvalue weighted by Crippen LogP contribution is 2.28. The Morgan fingerprint density at radius 3 is 2.31 bits per heavy atom. The van der Waals surface area contributed by atoms with Crippen LogP contribution in [0.1, 0.15) is 0 Å². The molecule has 0 aliphatic heterocycles. The maximum absolute atomic E-state index is 5.21. The highest BCUT2D eigenvalue weighted by Gasteiger charge is 2.05. The van der Waals surface area contributed by atoms with E-state index in [1.807, 2.05) is 36.4 Å². The van der Waals surface area contributed by atoms with Crippen LogP contribution >= 0.6 is 0 Å². The van der Waals surface area contributed by atoms with Crippen molar-refractivity contribution in [3.05, 3.63) is 42.6 Å². The molecule has 0 N–H and O–H groups in total. The quantitative estimate of drug-likeness (QED) is 0.788. The average Bonchev–Trinajstić information content (AvgIpc) is 2.39. The zero-order chi connectivity index (χ0) is 11.4. The van der Waals surface area contributed by atoms with Crippen molar-refractivity contribution in [1.29, 1.82) is 0 Å². The van der Waals surface area contributed by atoms with Crippen LogP contribution in [-0.4, -0.2) is 19.2 Å². The van der Waals surface area contributed by atoms with Crippen molar-refractivity contribution in [2.75, 3.05) is 14.2 Å². The topological polar surface area (TPSA) is 31.4 Å². The standard InChI is InChI=1S/C13H13NO2/c1-15-11-7-5-10(6-8-11)12-4-3-9-14-13(12)16-2/h3-9H,1-2H3. The summed E-state index contributed by atoms with van der Waals surface area (Å²) in [7, 11) is 3.27. The fourth-order valence-electron chi connectivity index (χ4n) is 1.54. The Morgan fingerprint density at radius 2 is 1.69 bits per heavy atom. The molecule has 1 aromatic carbocycles. The summed E-state index contributed by atoms with van der Waals surface area (Å²) >= 11 is 0. The van der Waals surface area contributed by atoms with Gasteiger partial charge in [-0.3, -0.25) is 0 Å². The molecule has 82 valence electrons. The Balaban J connectivity index is 2.42. The van der Waals surface area contributed by atoms with E-state index in [-0.39, 0.29) is 0 Å². The van der Waals surface area contributed by atoms with Gasteiger partial charge in [0.2, 0.25) is 5.88 Å². The van der Waals surface area contributed by atoms with Gasteiger partial charge in [0.1, 0.15) is 5.75 Å². The molecule has 3 nitrogen and oxygen atoms in total. The smallest absolute Gasteiger partial charge is 0.221 e. The number of hydrogen-bond acceptors (Lipinski definition) is 3. The summed E-state index contributed by atoms with van der Waals surface area (Å²) < 4.78 is 10.3. The molecule has 0 aliphatic rings. The number of benzene rings is 1. The number of nitrogens with zero attached hydrogens (tertiary/aromatic N) is 1. The lowest BCUT2D eigenvalue weighted by Gasteiger charge is -2.07. The number of ether oxygens (including phenoxy) is 2. The lowest BCUT2D eigenvalue weighted by molar-refractivity contribution is 0.399. The second-order valence-electron chi connectivity index (χ2n) is 3.29. The van der Waals surface area contributed by atoms with Crippen molar-refractivity contribution in [2.45, 2.75) is 0 Å². The molecule has 0 saturated heterocycles. The molecule has 1 heterocycles. The SMILES string of the molecule is COc1ccc(-c2cccnc2OC)cc1. The molecule has 2 rings (SSSR count). The molecule has 3 heteroatoms. The van der Waals surface area contributed by atoms with Gasteiger partial charge in [0.05, 0.1) is 14.2 Å². The predicted octanol–water partition coefficient (Wildman–Crippen LogP) is 2.77. The Hall–Kier alpha value is -2.03. The van der Waals surface area contributed by atoms with Gasteiger partial charge in [-0.2, -0.15) is 0 Å². The number of methoxy groups -OCH3 is 2. The van der Waals surface area contributed by atoms with Crippen LogP contribution in [0.2, 0.25) is 0 Å². The van der Waals surface area contributed by atoms with E-state index in [0.29, 0.717) is 5.88 Å². The van der Waals surface area contributed by atoms with Gasteiger partial charge >= 0.3 is 0 Å². The molecule has 0 fully saturated rings. The maximum atomic E-state index is 5.21. The Labute approximate surface area is 94.7 Å². The lowest BCUT2D eigenvalue weighted by atomic mass is 10.1. The molecule has 0 amide bonds. The number of rotatable bonds is 3. The zero-order valence-electron chi connectivity index (χ0n) is 9.31. The molecule has 0 unspecified atom stereocenters. The third kappa shape index (κ3) is 1.98. The van der Waals surface area contributed by atoms with E-state index in [2.05, 4.69) is 4.98 Å². The van der Waals surface area contributed by atoms with Gasteiger partial charge in [0.15, 0.2) is 0 Å². The summed E-state index contributed by atoms with van der Waals surface area (Å²) in [5.41, 5.74) is 2.04. The molecule has 16 heavy (non-hydrogen) atoms. The normalized spacial score (nSPS) is 9.88. The Morgan fingerprint density at radius 1 is 0.938 bits per heavy atom. The third-order valence-electron chi connectivity index (χ3n) is 2.37. The fourth-order valence-corrected chi connectivity index (χ4v) is 1.54. The van der Waals surface area contributed by atoms with Crippen LogP contribution < -0.4 is 9.47 Å². The minimum atomic E-state index is 0.632. The van der Waals surface area contributed by atoms with Crippen LogP contribution in [-0.2, 0) is 0 Å². The summed E-state index contributed by atoms with van der Waals surface area (Å²) in [6.07, 6.45) is 1.71. The van der Waals surface area contributed by atoms with E-state index in [1.54, 1.807) is 20.4 Å². The van der Waals surface area contributed by atoms with Crippen molar-refractivity contribution < 1.29 is 9.47 Å². The largest absolute Gasteiger partial charge is 0.497 e. The lowest BCUT2D eigenvalue weighted by Crippen LogP contribution is -1.90. The minimum absolute atomic E-state index is 0.632. The number of aromatic nitrogens is 1. The van der Waals surface area contributed by atoms with E-state index in [4.69, 9.17) is 9.47 Å². The predicted molar refractivity (Wildman–Crippen MR) is 62.8 cm³/mol. The summed E-state index contributed by atoms with van der Waals surface area (Å²) in [6.45, 7) is 0. The van der Waals surface area contributed by atoms with E-state index >= 15 is 0 Å². The van der Waals surface area contributed by atoms with Crippen LogP contribution in [0.3, 0.4) is 0 Å². The molecular weight excluding hydrogens is 202 g/mol. The van der Waals surface area contributed by atoms with Crippen LogP contribution in [0.5, 0.6) is 11.6 Å². The van der Waals surface area contributed by atoms with Gasteiger partial charge in [0.25, 0.3) is 0 Å². The molecule has 1 aromatic heterocycles. The first-order valence-corrected chi connectivity index (χ1v) is 4.98. The van der Waals surface area contributed by atoms with E-state index in [0.717, 1.165) is 16.9 Å². The van der Waals surface area contributed by atoms with Crippen LogP contribution in [0.15, 0.2) is 42.6 Å². The van der Waals surface area contributed by atoms with Gasteiger partial charge in [-0.1, -0.05) is 12.1 Å². The maximum Gasteiger partial charge on any atom is 0.221 e. The van der Waals surface area contributed by atoms with Gasteiger partial charge in [-0.05, 0) is 29.8 Å². The molecule has 0 spiro atoms. The Kier molecular flexibility index (Phi) is 3.05. The first kappa shape index (κ1) is 10.5. The van der Waals surface area contributed by atoms with E-state index < -0.39 is 0 Å². The van der Waals surface area contributed by atoms with E-state index in [9.17, 15) is 0 Å². The highest BCUT2D eigenvalue weighted by atomic mass is 16.5. The van der Waals surface area contributed by atoms with Crippen molar-refractivity contribution in [3.8, 4) is 22.8 Å². The number of pyridine rings is 1. The fraction of sp³-hybridized carbons (Fsp3) is 0.154. The molecular formula is C13H13NO2. The summed E-state index contributed by atoms with van der Waals surface area (Å²) in [6, 6.07) is 11.7. The van der Waals surface area contributed by atoms with Crippen molar-refractivity contribution in [1.82, 2.24) is 4.98 Å². The van der Waals surface area contributed by atoms with Crippen LogP contribution in [0, 0.1) is 0 Å². The average molecular weight is 215 g/mol. The van der Waals surface area contributed by atoms with Gasteiger partial charge in [-0.15, -0.1) is 0 Å². The monoisotopic (exact) mass is 215 g/mol. The third-order valence-corrected chi connectivity index (χ3v) is 2.37. The van der Waals surface area contributed by atoms with Gasteiger partial charge in [-0.25, -0.2) is 4.98 Å². The van der Waals surface area contributed by atoms with Crippen molar-refractivity contribution in [3.63, 3.8) is 0 Å². The second-order valence-corrected chi connectivity index (χ2v) is 3.29. The van der Waals surface area contributed by atoms with Gasteiger partial charge < -0.3 is 9.47 Å². The molecule has 0 atom stereocenters. The molecule has 0 saturated carbocycles. The first-order valence-electron chi connectivity index (χ1n) is 4.98. The molecule has 2 aromatic rings. The zero-order valence-corrected chi connectivity index (χ0v) is 9.31. The van der Waals surface area contributed by atoms with Crippen molar-refractivity contribution in [2.24, 2.45) is 0 Å². The minimum Gasteiger partial charge on any atom is -0.497 e.